The van der Waals surface area contributed by atoms with E-state index in [-0.39, 0.29) is 5.97 Å². The van der Waals surface area contributed by atoms with E-state index in [4.69, 9.17) is 4.74 Å². The topological polar surface area (TPSA) is 42.4 Å². The maximum Gasteiger partial charge on any atom is 0.358 e. The molecule has 2 atom stereocenters. The number of hydrogen-bond acceptors (Lipinski definition) is 5. The molecule has 1 aromatic rings. The molecule has 19 heavy (non-hydrogen) atoms. The van der Waals surface area contributed by atoms with Crippen LogP contribution >= 0.6 is 11.3 Å². The van der Waals surface area contributed by atoms with E-state index < -0.39 is 0 Å². The number of thiazole rings is 1. The third-order valence-corrected chi connectivity index (χ3v) is 4.65. The molecule has 1 aliphatic heterocycles. The van der Waals surface area contributed by atoms with Gasteiger partial charge in [-0.15, -0.1) is 11.3 Å². The van der Waals surface area contributed by atoms with E-state index in [1.807, 2.05) is 13.8 Å². The zero-order valence-electron chi connectivity index (χ0n) is 12.1. The first kappa shape index (κ1) is 14.3. The summed E-state index contributed by atoms with van der Waals surface area (Å²) >= 11 is 1.59. The Morgan fingerprint density at radius 3 is 2.89 bits per heavy atom. The van der Waals surface area contributed by atoms with Gasteiger partial charge in [0.15, 0.2) is 10.8 Å². The van der Waals surface area contributed by atoms with Gasteiger partial charge in [-0.3, -0.25) is 0 Å². The van der Waals surface area contributed by atoms with Gasteiger partial charge in [-0.25, -0.2) is 9.78 Å². The van der Waals surface area contributed by atoms with Crippen LogP contribution < -0.4 is 4.90 Å². The van der Waals surface area contributed by atoms with Gasteiger partial charge in [-0.1, -0.05) is 6.92 Å². The largest absolute Gasteiger partial charge is 0.461 e. The minimum Gasteiger partial charge on any atom is -0.461 e. The van der Waals surface area contributed by atoms with E-state index in [2.05, 4.69) is 23.7 Å². The van der Waals surface area contributed by atoms with Crippen LogP contribution in [-0.2, 0) is 4.74 Å². The summed E-state index contributed by atoms with van der Waals surface area (Å²) in [5.41, 5.74) is 0.479. The lowest BCUT2D eigenvalue weighted by Gasteiger charge is -2.36. The highest BCUT2D eigenvalue weighted by Crippen LogP contribution is 2.32. The maximum absolute atomic E-state index is 11.8. The van der Waals surface area contributed by atoms with Crippen molar-refractivity contribution in [3.05, 3.63) is 10.6 Å². The Balaban J connectivity index is 2.17. The normalized spacial score (nSPS) is 23.5. The molecule has 0 spiro atoms. The van der Waals surface area contributed by atoms with E-state index in [0.717, 1.165) is 22.5 Å². The highest BCUT2D eigenvalue weighted by Gasteiger charge is 2.27. The Hall–Kier alpha value is -1.10. The van der Waals surface area contributed by atoms with E-state index >= 15 is 0 Å². The van der Waals surface area contributed by atoms with Gasteiger partial charge in [0.2, 0.25) is 0 Å². The zero-order valence-corrected chi connectivity index (χ0v) is 12.9. The SMILES string of the molecule is CCOC(=O)c1nc(N2CCC(C)CC2C)sc1C. The lowest BCUT2D eigenvalue weighted by atomic mass is 9.94. The number of hydrogen-bond donors (Lipinski definition) is 0. The molecule has 0 N–H and O–H groups in total. The van der Waals surface area contributed by atoms with Crippen LogP contribution in [0.2, 0.25) is 0 Å². The van der Waals surface area contributed by atoms with Gasteiger partial charge in [-0.2, -0.15) is 0 Å². The van der Waals surface area contributed by atoms with Crippen molar-refractivity contribution in [2.45, 2.75) is 46.6 Å². The van der Waals surface area contributed by atoms with Crippen LogP contribution in [0.3, 0.4) is 0 Å². The van der Waals surface area contributed by atoms with E-state index in [0.29, 0.717) is 18.3 Å². The lowest BCUT2D eigenvalue weighted by molar-refractivity contribution is 0.0519. The average molecular weight is 282 g/mol. The van der Waals surface area contributed by atoms with Crippen molar-refractivity contribution in [1.82, 2.24) is 4.98 Å². The van der Waals surface area contributed by atoms with Crippen molar-refractivity contribution in [2.75, 3.05) is 18.1 Å². The summed E-state index contributed by atoms with van der Waals surface area (Å²) in [5.74, 6) is 0.470. The fourth-order valence-corrected chi connectivity index (χ4v) is 3.61. The highest BCUT2D eigenvalue weighted by atomic mass is 32.1. The van der Waals surface area contributed by atoms with Gasteiger partial charge < -0.3 is 9.64 Å². The van der Waals surface area contributed by atoms with Crippen LogP contribution in [-0.4, -0.2) is 30.1 Å². The zero-order chi connectivity index (χ0) is 14.0. The van der Waals surface area contributed by atoms with Crippen molar-refractivity contribution >= 4 is 22.4 Å². The Morgan fingerprint density at radius 2 is 2.26 bits per heavy atom. The van der Waals surface area contributed by atoms with Crippen molar-refractivity contribution in [3.63, 3.8) is 0 Å². The van der Waals surface area contributed by atoms with E-state index in [9.17, 15) is 4.79 Å². The molecule has 0 radical (unpaired) electrons. The van der Waals surface area contributed by atoms with E-state index in [1.165, 1.54) is 12.8 Å². The molecular formula is C14H22N2O2S. The summed E-state index contributed by atoms with van der Waals surface area (Å²) in [6.07, 6.45) is 2.38. The summed E-state index contributed by atoms with van der Waals surface area (Å²) in [6, 6.07) is 0.490. The molecule has 2 heterocycles. The number of anilines is 1. The average Bonchev–Trinajstić information content (AvgIpc) is 2.71. The van der Waals surface area contributed by atoms with Gasteiger partial charge in [0.05, 0.1) is 6.61 Å². The van der Waals surface area contributed by atoms with Gasteiger partial charge >= 0.3 is 5.97 Å². The van der Waals surface area contributed by atoms with Crippen molar-refractivity contribution < 1.29 is 9.53 Å². The third kappa shape index (κ3) is 3.08. The smallest absolute Gasteiger partial charge is 0.358 e. The molecule has 4 nitrogen and oxygen atoms in total. The van der Waals surface area contributed by atoms with Crippen LogP contribution in [0.25, 0.3) is 0 Å². The van der Waals surface area contributed by atoms with Crippen molar-refractivity contribution in [2.24, 2.45) is 5.92 Å². The van der Waals surface area contributed by atoms with Gasteiger partial charge in [-0.05, 0) is 39.5 Å². The van der Waals surface area contributed by atoms with Crippen LogP contribution in [0, 0.1) is 12.8 Å². The molecule has 0 aliphatic carbocycles. The predicted octanol–water partition coefficient (Wildman–Crippen LogP) is 3.25. The molecule has 1 fully saturated rings. The molecule has 2 unspecified atom stereocenters. The molecule has 0 amide bonds. The van der Waals surface area contributed by atoms with Gasteiger partial charge in [0.1, 0.15) is 0 Å². The second kappa shape index (κ2) is 5.90. The van der Waals surface area contributed by atoms with E-state index in [1.54, 1.807) is 11.3 Å². The summed E-state index contributed by atoms with van der Waals surface area (Å²) in [7, 11) is 0. The number of carbonyl (C=O) groups excluding carboxylic acids is 1. The molecule has 2 rings (SSSR count). The first-order valence-corrected chi connectivity index (χ1v) is 7.75. The number of rotatable bonds is 3. The maximum atomic E-state index is 11.8. The summed E-state index contributed by atoms with van der Waals surface area (Å²) in [5, 5.41) is 0.958. The molecule has 1 aliphatic rings. The fourth-order valence-electron chi connectivity index (χ4n) is 2.59. The monoisotopic (exact) mass is 282 g/mol. The molecule has 1 saturated heterocycles. The number of carbonyl (C=O) groups is 1. The first-order valence-electron chi connectivity index (χ1n) is 6.94. The third-order valence-electron chi connectivity index (χ3n) is 3.64. The Bertz CT molecular complexity index is 458. The minimum atomic E-state index is -0.305. The minimum absolute atomic E-state index is 0.305. The molecule has 5 heteroatoms. The van der Waals surface area contributed by atoms with Crippen LogP contribution in [0.4, 0.5) is 5.13 Å². The Kier molecular flexibility index (Phi) is 4.45. The van der Waals surface area contributed by atoms with Crippen molar-refractivity contribution in [1.29, 1.82) is 0 Å². The lowest BCUT2D eigenvalue weighted by Crippen LogP contribution is -2.40. The van der Waals surface area contributed by atoms with Crippen LogP contribution in [0.15, 0.2) is 0 Å². The first-order chi connectivity index (χ1) is 9.02. The van der Waals surface area contributed by atoms with Crippen molar-refractivity contribution in [3.8, 4) is 0 Å². The second-order valence-electron chi connectivity index (χ2n) is 5.29. The highest BCUT2D eigenvalue weighted by molar-refractivity contribution is 7.15. The fraction of sp³-hybridized carbons (Fsp3) is 0.714. The molecule has 0 saturated carbocycles. The summed E-state index contributed by atoms with van der Waals surface area (Å²) < 4.78 is 5.04. The standard InChI is InChI=1S/C14H22N2O2S/c1-5-18-13(17)12-11(4)19-14(15-12)16-7-6-9(2)8-10(16)3/h9-10H,5-8H2,1-4H3. The summed E-state index contributed by atoms with van der Waals surface area (Å²) in [6.45, 7) is 9.70. The quantitative estimate of drug-likeness (QED) is 0.798. The predicted molar refractivity (Wildman–Crippen MR) is 78.0 cm³/mol. The number of esters is 1. The van der Waals surface area contributed by atoms with Gasteiger partial charge in [0.25, 0.3) is 0 Å². The number of aromatic nitrogens is 1. The second-order valence-corrected chi connectivity index (χ2v) is 6.48. The molecule has 106 valence electrons. The van der Waals surface area contributed by atoms with Gasteiger partial charge in [0, 0.05) is 17.5 Å². The van der Waals surface area contributed by atoms with Crippen LogP contribution in [0.5, 0.6) is 0 Å². The number of aryl methyl sites for hydroxylation is 1. The molecular weight excluding hydrogens is 260 g/mol. The Labute approximate surface area is 118 Å². The molecule has 1 aromatic heterocycles. The summed E-state index contributed by atoms with van der Waals surface area (Å²) in [4.78, 5) is 19.6. The number of ether oxygens (including phenoxy) is 1. The van der Waals surface area contributed by atoms with Crippen LogP contribution in [0.1, 0.15) is 49.0 Å². The molecule has 0 aromatic carbocycles. The number of piperidine rings is 1. The Morgan fingerprint density at radius 1 is 1.53 bits per heavy atom. The number of nitrogens with zero attached hydrogens (tertiary/aromatic N) is 2. The molecule has 0 bridgehead atoms.